The minimum Gasteiger partial charge on any atom is -0.376 e. The highest BCUT2D eigenvalue weighted by Crippen LogP contribution is 2.28. The molecule has 149 valence electrons. The minimum absolute atomic E-state index is 0.543. The minimum atomic E-state index is -3.06. The summed E-state index contributed by atoms with van der Waals surface area (Å²) in [4.78, 5) is 0. The second kappa shape index (κ2) is 10.8. The van der Waals surface area contributed by atoms with Crippen LogP contribution in [0.1, 0.15) is 20.8 Å². The highest BCUT2D eigenvalue weighted by molar-refractivity contribution is 7.69. The van der Waals surface area contributed by atoms with E-state index in [1.165, 1.54) is 10.4 Å². The summed E-state index contributed by atoms with van der Waals surface area (Å²) in [5, 5.41) is 2.61. The van der Waals surface area contributed by atoms with Gasteiger partial charge in [0.15, 0.2) is 7.11 Å². The van der Waals surface area contributed by atoms with Crippen LogP contribution in [0.4, 0.5) is 0 Å². The van der Waals surface area contributed by atoms with Crippen LogP contribution in [0.3, 0.4) is 0 Å². The number of hydrogen-bond donors (Lipinski definition) is 0. The third-order valence-electron chi connectivity index (χ3n) is 4.69. The molecule has 0 saturated carbocycles. The topological polar surface area (TPSA) is 27.7 Å². The van der Waals surface area contributed by atoms with Gasteiger partial charge in [0, 0.05) is 19.8 Å². The standard InChI is InChI=1S/C22H31O3Si3/c1-6-23-28(24-7-2,25-8-3)27(9-4,10-5)26(21-17-13-11-14-18-21)22-19-15-12-16-20-22/h9-20H,4-8H2,1-3H3. The highest BCUT2D eigenvalue weighted by Gasteiger charge is 2.64. The average molecular weight is 428 g/mol. The predicted octanol–water partition coefficient (Wildman–Crippen LogP) is 3.40. The maximum absolute atomic E-state index is 6.42. The smallest absolute Gasteiger partial charge is 0.376 e. The molecule has 0 heterocycles. The first-order valence-corrected chi connectivity index (χ1v) is 17.2. The van der Waals surface area contributed by atoms with Gasteiger partial charge in [-0.15, -0.1) is 13.2 Å². The van der Waals surface area contributed by atoms with Crippen LogP contribution in [0.5, 0.6) is 0 Å². The zero-order valence-corrected chi connectivity index (χ0v) is 20.2. The molecule has 2 rings (SSSR count). The second-order valence-electron chi connectivity index (χ2n) is 6.24. The fourth-order valence-electron chi connectivity index (χ4n) is 3.60. The van der Waals surface area contributed by atoms with Crippen molar-refractivity contribution >= 4 is 34.1 Å². The molecule has 0 aliphatic rings. The van der Waals surface area contributed by atoms with Crippen LogP contribution in [-0.4, -0.2) is 43.6 Å². The molecule has 1 radical (unpaired) electrons. The summed E-state index contributed by atoms with van der Waals surface area (Å²) in [6, 6.07) is 21.3. The third-order valence-corrected chi connectivity index (χ3v) is 27.7. The molecule has 3 nitrogen and oxygen atoms in total. The Morgan fingerprint density at radius 1 is 0.714 bits per heavy atom. The number of hydrogen-bond acceptors (Lipinski definition) is 3. The van der Waals surface area contributed by atoms with Crippen molar-refractivity contribution in [3.63, 3.8) is 0 Å². The fourth-order valence-corrected chi connectivity index (χ4v) is 27.7. The molecule has 0 aliphatic heterocycles. The van der Waals surface area contributed by atoms with E-state index in [4.69, 9.17) is 13.3 Å². The zero-order valence-electron chi connectivity index (χ0n) is 17.2. The van der Waals surface area contributed by atoms with Crippen LogP contribution < -0.4 is 10.4 Å². The van der Waals surface area contributed by atoms with Crippen LogP contribution in [-0.2, 0) is 13.3 Å². The SMILES string of the molecule is C=C[Si](C=C)([Si](c1ccccc1)c1ccccc1)[Si](OCC)(OCC)OCC. The summed E-state index contributed by atoms with van der Waals surface area (Å²) in [5.41, 5.74) is 4.20. The van der Waals surface area contributed by atoms with E-state index in [1.807, 2.05) is 20.8 Å². The molecule has 0 unspecified atom stereocenters. The van der Waals surface area contributed by atoms with E-state index in [9.17, 15) is 0 Å². The molecular weight excluding hydrogens is 396 g/mol. The summed E-state index contributed by atoms with van der Waals surface area (Å²) < 4.78 is 19.3. The monoisotopic (exact) mass is 427 g/mol. The molecule has 0 spiro atoms. The van der Waals surface area contributed by atoms with Crippen molar-refractivity contribution < 1.29 is 13.3 Å². The van der Waals surface area contributed by atoms with Gasteiger partial charge < -0.3 is 13.3 Å². The van der Waals surface area contributed by atoms with Crippen LogP contribution in [0.2, 0.25) is 0 Å². The Morgan fingerprint density at radius 3 is 1.36 bits per heavy atom. The van der Waals surface area contributed by atoms with Gasteiger partial charge in [0.25, 0.3) is 0 Å². The molecule has 0 aliphatic carbocycles. The first-order chi connectivity index (χ1) is 13.6. The van der Waals surface area contributed by atoms with Gasteiger partial charge in [-0.2, -0.15) is 0 Å². The van der Waals surface area contributed by atoms with Crippen molar-refractivity contribution in [2.24, 2.45) is 0 Å². The van der Waals surface area contributed by atoms with E-state index in [0.717, 1.165) is 0 Å². The molecule has 0 amide bonds. The Bertz CT molecular complexity index is 673. The molecule has 0 fully saturated rings. The summed E-state index contributed by atoms with van der Waals surface area (Å²) in [5.74, 6) is 0. The van der Waals surface area contributed by atoms with Gasteiger partial charge in [-0.1, -0.05) is 82.4 Å². The third kappa shape index (κ3) is 4.37. The van der Waals surface area contributed by atoms with E-state index in [-0.39, 0.29) is 0 Å². The van der Waals surface area contributed by atoms with E-state index in [0.29, 0.717) is 19.8 Å². The largest absolute Gasteiger partial charge is 0.477 e. The number of rotatable bonds is 12. The predicted molar refractivity (Wildman–Crippen MR) is 125 cm³/mol. The maximum Gasteiger partial charge on any atom is 0.477 e. The molecule has 0 bridgehead atoms. The Morgan fingerprint density at radius 2 is 1.07 bits per heavy atom. The average Bonchev–Trinajstić information content (AvgIpc) is 2.73. The van der Waals surface area contributed by atoms with Gasteiger partial charge in [-0.25, -0.2) is 0 Å². The lowest BCUT2D eigenvalue weighted by Gasteiger charge is -2.44. The van der Waals surface area contributed by atoms with Gasteiger partial charge in [0.1, 0.15) is 8.31 Å². The van der Waals surface area contributed by atoms with Crippen LogP contribution in [0.15, 0.2) is 85.2 Å². The van der Waals surface area contributed by atoms with Gasteiger partial charge in [0.2, 0.25) is 0 Å². The zero-order chi connectivity index (χ0) is 20.5. The van der Waals surface area contributed by atoms with Crippen molar-refractivity contribution in [1.29, 1.82) is 0 Å². The van der Waals surface area contributed by atoms with Crippen molar-refractivity contribution in [3.8, 4) is 0 Å². The van der Waals surface area contributed by atoms with Crippen LogP contribution in [0, 0.1) is 0 Å². The molecular formula is C22H31O3Si3. The molecule has 6 heteroatoms. The summed E-state index contributed by atoms with van der Waals surface area (Å²) in [7, 11) is -6.98. The molecule has 0 aromatic heterocycles. The van der Waals surface area contributed by atoms with E-state index >= 15 is 0 Å². The van der Waals surface area contributed by atoms with Gasteiger partial charge in [0.05, 0.1) is 0 Å². The fraction of sp³-hybridized carbons (Fsp3) is 0.273. The summed E-state index contributed by atoms with van der Waals surface area (Å²) in [6.07, 6.45) is 0. The van der Waals surface area contributed by atoms with Gasteiger partial charge in [-0.3, -0.25) is 0 Å². The number of benzene rings is 2. The normalized spacial score (nSPS) is 12.1. The van der Waals surface area contributed by atoms with Crippen LogP contribution in [0.25, 0.3) is 0 Å². The van der Waals surface area contributed by atoms with Gasteiger partial charge in [-0.05, 0) is 20.8 Å². The quantitative estimate of drug-likeness (QED) is 0.486. The maximum atomic E-state index is 6.42. The Hall–Kier alpha value is -1.55. The second-order valence-corrected chi connectivity index (χ2v) is 22.5. The molecule has 2 aromatic rings. The molecule has 28 heavy (non-hydrogen) atoms. The summed E-state index contributed by atoms with van der Waals surface area (Å²) >= 11 is 0. The first-order valence-electron chi connectivity index (χ1n) is 9.81. The molecule has 0 N–H and O–H groups in total. The lowest BCUT2D eigenvalue weighted by molar-refractivity contribution is 0.0918. The summed E-state index contributed by atoms with van der Waals surface area (Å²) in [6.45, 7) is 16.2. The lowest BCUT2D eigenvalue weighted by atomic mass is 10.4. The first kappa shape index (κ1) is 22.7. The van der Waals surface area contributed by atoms with Crippen molar-refractivity contribution in [3.05, 3.63) is 85.2 Å². The highest BCUT2D eigenvalue weighted by atomic mass is 29.6. The molecule has 0 saturated heterocycles. The molecule has 2 aromatic carbocycles. The Kier molecular flexibility index (Phi) is 8.81. The Labute approximate surface area is 173 Å². The van der Waals surface area contributed by atoms with Gasteiger partial charge >= 0.3 is 8.32 Å². The molecule has 0 atom stereocenters. The van der Waals surface area contributed by atoms with Crippen LogP contribution >= 0.6 is 0 Å². The van der Waals surface area contributed by atoms with Crippen molar-refractivity contribution in [2.45, 2.75) is 20.8 Å². The lowest BCUT2D eigenvalue weighted by Crippen LogP contribution is -2.79. The van der Waals surface area contributed by atoms with Crippen molar-refractivity contribution in [2.75, 3.05) is 19.8 Å². The van der Waals surface area contributed by atoms with Crippen molar-refractivity contribution in [1.82, 2.24) is 0 Å². The Balaban J connectivity index is 2.81. The van der Waals surface area contributed by atoms with E-state index < -0.39 is 23.7 Å². The van der Waals surface area contributed by atoms with E-state index in [1.54, 1.807) is 0 Å². The van der Waals surface area contributed by atoms with E-state index in [2.05, 4.69) is 85.2 Å².